The van der Waals surface area contributed by atoms with Gasteiger partial charge >= 0.3 is 0 Å². The summed E-state index contributed by atoms with van der Waals surface area (Å²) in [5, 5.41) is 0. The Morgan fingerprint density at radius 2 is 1.95 bits per heavy atom. The molecule has 4 nitrogen and oxygen atoms in total. The van der Waals surface area contributed by atoms with Crippen molar-refractivity contribution in [1.82, 2.24) is 9.97 Å². The minimum absolute atomic E-state index is 0.0348. The van der Waals surface area contributed by atoms with Crippen LogP contribution in [0.15, 0.2) is 10.7 Å². The van der Waals surface area contributed by atoms with E-state index in [9.17, 15) is 0 Å². The zero-order valence-corrected chi connectivity index (χ0v) is 14.4. The Bertz CT molecular complexity index is 451. The number of hydrogen-bond acceptors (Lipinski definition) is 4. The highest BCUT2D eigenvalue weighted by Gasteiger charge is 2.23. The van der Waals surface area contributed by atoms with Gasteiger partial charge in [0, 0.05) is 38.3 Å². The highest BCUT2D eigenvalue weighted by atomic mass is 79.9. The number of piperidine rings is 1. The molecule has 0 bridgehead atoms. The number of hydrogen-bond donors (Lipinski definition) is 0. The molecule has 0 saturated carbocycles. The number of aromatic nitrogens is 2. The van der Waals surface area contributed by atoms with E-state index in [2.05, 4.69) is 46.6 Å². The van der Waals surface area contributed by atoms with Crippen LogP contribution in [0.3, 0.4) is 0 Å². The summed E-state index contributed by atoms with van der Waals surface area (Å²) in [5.74, 6) is 2.61. The van der Waals surface area contributed by atoms with Gasteiger partial charge in [0.1, 0.15) is 16.2 Å². The van der Waals surface area contributed by atoms with Crippen LogP contribution in [-0.2, 0) is 10.2 Å². The fraction of sp³-hybridized carbons (Fsp3) is 0.733. The van der Waals surface area contributed by atoms with E-state index in [0.29, 0.717) is 5.92 Å². The summed E-state index contributed by atoms with van der Waals surface area (Å²) in [5.41, 5.74) is -0.0348. The number of nitrogens with zero attached hydrogens (tertiary/aromatic N) is 3. The van der Waals surface area contributed by atoms with Gasteiger partial charge in [0.2, 0.25) is 0 Å². The van der Waals surface area contributed by atoms with Crippen molar-refractivity contribution >= 4 is 21.7 Å². The summed E-state index contributed by atoms with van der Waals surface area (Å²) >= 11 is 3.51. The van der Waals surface area contributed by atoms with Crippen molar-refractivity contribution in [3.63, 3.8) is 0 Å². The van der Waals surface area contributed by atoms with E-state index in [-0.39, 0.29) is 5.41 Å². The van der Waals surface area contributed by atoms with Crippen molar-refractivity contribution in [2.24, 2.45) is 5.92 Å². The molecular weight excluding hydrogens is 318 g/mol. The molecule has 5 heteroatoms. The van der Waals surface area contributed by atoms with Crippen LogP contribution in [-0.4, -0.2) is 36.8 Å². The van der Waals surface area contributed by atoms with Crippen molar-refractivity contribution in [1.29, 1.82) is 0 Å². The van der Waals surface area contributed by atoms with Gasteiger partial charge in [-0.25, -0.2) is 9.97 Å². The van der Waals surface area contributed by atoms with E-state index >= 15 is 0 Å². The van der Waals surface area contributed by atoms with Crippen LogP contribution in [0.25, 0.3) is 0 Å². The third-order valence-corrected chi connectivity index (χ3v) is 4.10. The zero-order valence-electron chi connectivity index (χ0n) is 12.8. The third kappa shape index (κ3) is 3.92. The maximum atomic E-state index is 5.25. The van der Waals surface area contributed by atoms with Gasteiger partial charge in [-0.15, -0.1) is 0 Å². The SMILES string of the molecule is COCC1CCN(c2cc(Br)nc(C(C)(C)C)n2)CC1. The molecule has 2 heterocycles. The minimum atomic E-state index is -0.0348. The fourth-order valence-corrected chi connectivity index (χ4v) is 2.84. The minimum Gasteiger partial charge on any atom is -0.384 e. The van der Waals surface area contributed by atoms with Crippen LogP contribution in [0.2, 0.25) is 0 Å². The molecule has 112 valence electrons. The predicted octanol–water partition coefficient (Wildman–Crippen LogP) is 3.40. The summed E-state index contributed by atoms with van der Waals surface area (Å²) in [4.78, 5) is 11.6. The Hall–Kier alpha value is -0.680. The first-order valence-electron chi connectivity index (χ1n) is 7.19. The Labute approximate surface area is 130 Å². The largest absolute Gasteiger partial charge is 0.384 e. The summed E-state index contributed by atoms with van der Waals surface area (Å²) < 4.78 is 6.12. The monoisotopic (exact) mass is 341 g/mol. The molecule has 1 saturated heterocycles. The van der Waals surface area contributed by atoms with Gasteiger partial charge in [-0.3, -0.25) is 0 Å². The Balaban J connectivity index is 2.12. The van der Waals surface area contributed by atoms with E-state index in [1.54, 1.807) is 7.11 Å². The van der Waals surface area contributed by atoms with Crippen LogP contribution >= 0.6 is 15.9 Å². The van der Waals surface area contributed by atoms with Crippen molar-refractivity contribution < 1.29 is 4.74 Å². The van der Waals surface area contributed by atoms with Gasteiger partial charge in [0.05, 0.1) is 0 Å². The second-order valence-corrected chi connectivity index (χ2v) is 7.32. The lowest BCUT2D eigenvalue weighted by molar-refractivity contribution is 0.139. The van der Waals surface area contributed by atoms with Gasteiger partial charge in [0.15, 0.2) is 0 Å². The Morgan fingerprint density at radius 1 is 1.30 bits per heavy atom. The molecule has 1 aromatic rings. The second kappa shape index (κ2) is 6.39. The first-order chi connectivity index (χ1) is 9.40. The van der Waals surface area contributed by atoms with E-state index in [4.69, 9.17) is 9.72 Å². The van der Waals surface area contributed by atoms with E-state index in [1.807, 2.05) is 6.07 Å². The molecule has 1 aliphatic heterocycles. The van der Waals surface area contributed by atoms with Crippen molar-refractivity contribution in [3.05, 3.63) is 16.5 Å². The van der Waals surface area contributed by atoms with Crippen LogP contribution in [0.4, 0.5) is 5.82 Å². The molecule has 0 aromatic carbocycles. The zero-order chi connectivity index (χ0) is 14.8. The summed E-state index contributed by atoms with van der Waals surface area (Å²) in [7, 11) is 1.78. The van der Waals surface area contributed by atoms with Crippen molar-refractivity contribution in [3.8, 4) is 0 Å². The van der Waals surface area contributed by atoms with Gasteiger partial charge in [-0.1, -0.05) is 20.8 Å². The number of rotatable bonds is 3. The van der Waals surface area contributed by atoms with Gasteiger partial charge in [0.25, 0.3) is 0 Å². The van der Waals surface area contributed by atoms with Gasteiger partial charge < -0.3 is 9.64 Å². The smallest absolute Gasteiger partial charge is 0.137 e. The number of methoxy groups -OCH3 is 1. The quantitative estimate of drug-likeness (QED) is 0.789. The first-order valence-corrected chi connectivity index (χ1v) is 7.98. The molecule has 20 heavy (non-hydrogen) atoms. The van der Waals surface area contributed by atoms with Gasteiger partial charge in [-0.05, 0) is 34.7 Å². The van der Waals surface area contributed by atoms with E-state index in [0.717, 1.165) is 35.9 Å². The topological polar surface area (TPSA) is 38.2 Å². The molecule has 0 spiro atoms. The van der Waals surface area contributed by atoms with Crippen molar-refractivity contribution in [2.45, 2.75) is 39.0 Å². The number of halogens is 1. The normalized spacial score (nSPS) is 17.6. The van der Waals surface area contributed by atoms with Crippen LogP contribution in [0, 0.1) is 5.92 Å². The number of ether oxygens (including phenoxy) is 1. The van der Waals surface area contributed by atoms with E-state index < -0.39 is 0 Å². The summed E-state index contributed by atoms with van der Waals surface area (Å²) in [6.07, 6.45) is 2.33. The molecule has 2 rings (SSSR count). The molecule has 1 aliphatic rings. The molecular formula is C15H24BrN3O. The summed E-state index contributed by atoms with van der Waals surface area (Å²) in [6, 6.07) is 2.02. The standard InChI is InChI=1S/C15H24BrN3O/c1-15(2,3)14-17-12(16)9-13(18-14)19-7-5-11(6-8-19)10-20-4/h9,11H,5-8,10H2,1-4H3. The average Bonchev–Trinajstić information content (AvgIpc) is 2.38. The molecule has 0 unspecified atom stereocenters. The highest BCUT2D eigenvalue weighted by Crippen LogP contribution is 2.27. The Kier molecular flexibility index (Phi) is 5.02. The summed E-state index contributed by atoms with van der Waals surface area (Å²) in [6.45, 7) is 9.38. The molecule has 0 amide bonds. The lowest BCUT2D eigenvalue weighted by Gasteiger charge is -2.33. The maximum absolute atomic E-state index is 5.25. The van der Waals surface area contributed by atoms with E-state index in [1.165, 1.54) is 12.8 Å². The van der Waals surface area contributed by atoms with Gasteiger partial charge in [-0.2, -0.15) is 0 Å². The highest BCUT2D eigenvalue weighted by molar-refractivity contribution is 9.10. The Morgan fingerprint density at radius 3 is 2.50 bits per heavy atom. The second-order valence-electron chi connectivity index (χ2n) is 6.51. The fourth-order valence-electron chi connectivity index (χ4n) is 2.47. The lowest BCUT2D eigenvalue weighted by Crippen LogP contribution is -2.36. The van der Waals surface area contributed by atoms with Crippen LogP contribution in [0.1, 0.15) is 39.4 Å². The maximum Gasteiger partial charge on any atom is 0.137 e. The molecule has 1 fully saturated rings. The molecule has 0 atom stereocenters. The average molecular weight is 342 g/mol. The van der Waals surface area contributed by atoms with Crippen molar-refractivity contribution in [2.75, 3.05) is 31.7 Å². The predicted molar refractivity (Wildman–Crippen MR) is 85.2 cm³/mol. The molecule has 0 radical (unpaired) electrons. The number of anilines is 1. The molecule has 0 N–H and O–H groups in total. The lowest BCUT2D eigenvalue weighted by atomic mass is 9.95. The third-order valence-electron chi connectivity index (χ3n) is 3.69. The molecule has 1 aromatic heterocycles. The van der Waals surface area contributed by atoms with Crippen LogP contribution in [0.5, 0.6) is 0 Å². The molecule has 0 aliphatic carbocycles. The van der Waals surface area contributed by atoms with Crippen LogP contribution < -0.4 is 4.90 Å². The first kappa shape index (κ1) is 15.7.